The van der Waals surface area contributed by atoms with Crippen LogP contribution in [0.25, 0.3) is 11.1 Å². The molecule has 19 heavy (non-hydrogen) atoms. The molecule has 0 aliphatic rings. The molecule has 0 nitrogen and oxygen atoms in total. The Kier molecular flexibility index (Phi) is 3.61. The first-order valence-electron chi connectivity index (χ1n) is 6.90. The molecule has 0 aliphatic carbocycles. The van der Waals surface area contributed by atoms with Gasteiger partial charge in [0.05, 0.1) is 0 Å². The second kappa shape index (κ2) is 4.79. The van der Waals surface area contributed by atoms with Gasteiger partial charge in [0.25, 0.3) is 0 Å². The van der Waals surface area contributed by atoms with Gasteiger partial charge in [0.2, 0.25) is 0 Å². The summed E-state index contributed by atoms with van der Waals surface area (Å²) in [5.41, 5.74) is 3.15. The molecule has 0 saturated heterocycles. The van der Waals surface area contributed by atoms with Crippen LogP contribution in [0.3, 0.4) is 0 Å². The third-order valence-electron chi connectivity index (χ3n) is 3.24. The van der Waals surface area contributed by atoms with E-state index in [2.05, 4.69) is 77.9 Å². The first-order valence-corrected chi connectivity index (χ1v) is 7.71. The average Bonchev–Trinajstić information content (AvgIpc) is 2.74. The minimum Gasteiger partial charge on any atom is -0.144 e. The fourth-order valence-corrected chi connectivity index (χ4v) is 3.45. The van der Waals surface area contributed by atoms with E-state index in [9.17, 15) is 0 Å². The smallest absolute Gasteiger partial charge is 0.0180 e. The van der Waals surface area contributed by atoms with Crippen molar-refractivity contribution >= 4 is 11.3 Å². The van der Waals surface area contributed by atoms with Crippen molar-refractivity contribution in [3.63, 3.8) is 0 Å². The van der Waals surface area contributed by atoms with Gasteiger partial charge in [0.1, 0.15) is 0 Å². The average molecular weight is 272 g/mol. The van der Waals surface area contributed by atoms with Crippen molar-refractivity contribution in [2.75, 3.05) is 0 Å². The molecule has 1 heterocycles. The van der Waals surface area contributed by atoms with E-state index in [4.69, 9.17) is 0 Å². The molecule has 0 atom stereocenters. The zero-order valence-corrected chi connectivity index (χ0v) is 13.7. The molecule has 0 unspecified atom stereocenters. The molecule has 0 fully saturated rings. The van der Waals surface area contributed by atoms with E-state index in [1.165, 1.54) is 20.9 Å². The summed E-state index contributed by atoms with van der Waals surface area (Å²) in [7, 11) is 0. The summed E-state index contributed by atoms with van der Waals surface area (Å²) in [5, 5.41) is 0. The van der Waals surface area contributed by atoms with Crippen LogP contribution in [0, 0.1) is 0 Å². The second-order valence-electron chi connectivity index (χ2n) is 7.22. The van der Waals surface area contributed by atoms with Crippen LogP contribution in [0.1, 0.15) is 51.3 Å². The van der Waals surface area contributed by atoms with E-state index in [-0.39, 0.29) is 10.8 Å². The van der Waals surface area contributed by atoms with E-state index in [0.29, 0.717) is 0 Å². The van der Waals surface area contributed by atoms with Gasteiger partial charge in [-0.2, -0.15) is 0 Å². The molecule has 0 saturated carbocycles. The van der Waals surface area contributed by atoms with E-state index in [1.54, 1.807) is 0 Å². The molecular formula is C18H24S. The first kappa shape index (κ1) is 14.3. The van der Waals surface area contributed by atoms with E-state index in [1.807, 2.05) is 11.3 Å². The summed E-state index contributed by atoms with van der Waals surface area (Å²) in [6.45, 7) is 13.8. The highest BCUT2D eigenvalue weighted by Gasteiger charge is 2.26. The zero-order chi connectivity index (χ0) is 14.3. The summed E-state index contributed by atoms with van der Waals surface area (Å²) < 4.78 is 0. The lowest BCUT2D eigenvalue weighted by Crippen LogP contribution is -2.10. The van der Waals surface area contributed by atoms with Crippen molar-refractivity contribution in [1.82, 2.24) is 0 Å². The van der Waals surface area contributed by atoms with Crippen LogP contribution in [-0.4, -0.2) is 0 Å². The molecule has 1 aromatic carbocycles. The Balaban J connectivity index is 2.63. The molecule has 0 amide bonds. The van der Waals surface area contributed by atoms with Gasteiger partial charge >= 0.3 is 0 Å². The van der Waals surface area contributed by atoms with Crippen LogP contribution in [0.5, 0.6) is 0 Å². The molecular weight excluding hydrogens is 248 g/mol. The van der Waals surface area contributed by atoms with Crippen molar-refractivity contribution in [3.8, 4) is 11.1 Å². The minimum atomic E-state index is 0.194. The molecule has 2 rings (SSSR count). The Morgan fingerprint density at radius 2 is 1.37 bits per heavy atom. The quantitative estimate of drug-likeness (QED) is 0.596. The van der Waals surface area contributed by atoms with Gasteiger partial charge < -0.3 is 0 Å². The van der Waals surface area contributed by atoms with Gasteiger partial charge in [-0.05, 0) is 28.0 Å². The van der Waals surface area contributed by atoms with Crippen molar-refractivity contribution in [2.45, 2.75) is 52.4 Å². The second-order valence-corrected chi connectivity index (χ2v) is 8.27. The Labute approximate surface area is 121 Å². The highest BCUT2D eigenvalue weighted by Crippen LogP contribution is 2.43. The van der Waals surface area contributed by atoms with Crippen LogP contribution in [0.2, 0.25) is 0 Å². The van der Waals surface area contributed by atoms with Gasteiger partial charge in [0, 0.05) is 9.75 Å². The molecule has 1 aromatic heterocycles. The van der Waals surface area contributed by atoms with Gasteiger partial charge in [0.15, 0.2) is 0 Å². The number of benzene rings is 1. The largest absolute Gasteiger partial charge is 0.144 e. The Hall–Kier alpha value is -1.08. The fourth-order valence-electron chi connectivity index (χ4n) is 2.15. The Bertz CT molecular complexity index is 548. The highest BCUT2D eigenvalue weighted by atomic mass is 32.1. The zero-order valence-electron chi connectivity index (χ0n) is 12.9. The lowest BCUT2D eigenvalue weighted by molar-refractivity contribution is 0.602. The summed E-state index contributed by atoms with van der Waals surface area (Å²) in [6, 6.07) is 13.1. The van der Waals surface area contributed by atoms with Gasteiger partial charge in [-0.3, -0.25) is 0 Å². The third-order valence-corrected chi connectivity index (χ3v) is 5.22. The Morgan fingerprint density at radius 1 is 0.789 bits per heavy atom. The van der Waals surface area contributed by atoms with Gasteiger partial charge in [-0.25, -0.2) is 0 Å². The summed E-state index contributed by atoms with van der Waals surface area (Å²) in [6.07, 6.45) is 0. The topological polar surface area (TPSA) is 0 Å². The summed E-state index contributed by atoms with van der Waals surface area (Å²) >= 11 is 1.97. The third kappa shape index (κ3) is 3.09. The monoisotopic (exact) mass is 272 g/mol. The van der Waals surface area contributed by atoms with Crippen molar-refractivity contribution in [2.24, 2.45) is 0 Å². The van der Waals surface area contributed by atoms with E-state index < -0.39 is 0 Å². The predicted octanol–water partition coefficient (Wildman–Crippen LogP) is 6.01. The van der Waals surface area contributed by atoms with E-state index >= 15 is 0 Å². The van der Waals surface area contributed by atoms with Crippen LogP contribution >= 0.6 is 11.3 Å². The molecule has 0 radical (unpaired) electrons. The maximum Gasteiger partial charge on any atom is 0.0180 e. The van der Waals surface area contributed by atoms with Gasteiger partial charge in [-0.15, -0.1) is 11.3 Å². The number of thiophene rings is 1. The minimum absolute atomic E-state index is 0.194. The Morgan fingerprint density at radius 3 is 1.84 bits per heavy atom. The predicted molar refractivity (Wildman–Crippen MR) is 87.2 cm³/mol. The lowest BCUT2D eigenvalue weighted by atomic mass is 9.88. The molecule has 1 heteroatoms. The molecule has 0 N–H and O–H groups in total. The fraction of sp³-hybridized carbons (Fsp3) is 0.444. The molecule has 0 bridgehead atoms. The number of hydrogen-bond donors (Lipinski definition) is 0. The highest BCUT2D eigenvalue weighted by molar-refractivity contribution is 7.12. The van der Waals surface area contributed by atoms with E-state index in [0.717, 1.165) is 0 Å². The summed E-state index contributed by atoms with van der Waals surface area (Å²) in [5.74, 6) is 0. The maximum absolute atomic E-state index is 2.39. The van der Waals surface area contributed by atoms with Gasteiger partial charge in [-0.1, -0.05) is 71.9 Å². The van der Waals surface area contributed by atoms with Crippen molar-refractivity contribution in [3.05, 3.63) is 46.2 Å². The first-order chi connectivity index (χ1) is 8.69. The van der Waals surface area contributed by atoms with Crippen molar-refractivity contribution in [1.29, 1.82) is 0 Å². The van der Waals surface area contributed by atoms with Crippen LogP contribution in [-0.2, 0) is 10.8 Å². The molecule has 102 valence electrons. The maximum atomic E-state index is 2.39. The SMILES string of the molecule is CC(C)(C)c1cc(-c2ccccc2)c(C(C)(C)C)s1. The lowest BCUT2D eigenvalue weighted by Gasteiger charge is -2.19. The van der Waals surface area contributed by atoms with Crippen LogP contribution in [0.4, 0.5) is 0 Å². The van der Waals surface area contributed by atoms with Crippen LogP contribution < -0.4 is 0 Å². The number of hydrogen-bond acceptors (Lipinski definition) is 1. The number of rotatable bonds is 1. The standard InChI is InChI=1S/C18H24S/c1-17(2,3)15-12-14(13-10-8-7-9-11-13)16(19-15)18(4,5)6/h7-12H,1-6H3. The molecule has 0 spiro atoms. The molecule has 2 aromatic rings. The normalized spacial score (nSPS) is 12.7. The van der Waals surface area contributed by atoms with Crippen molar-refractivity contribution < 1.29 is 0 Å². The van der Waals surface area contributed by atoms with Crippen LogP contribution in [0.15, 0.2) is 36.4 Å². The molecule has 0 aliphatic heterocycles. The summed E-state index contributed by atoms with van der Waals surface area (Å²) in [4.78, 5) is 2.96.